The molecule has 0 atom stereocenters. The summed E-state index contributed by atoms with van der Waals surface area (Å²) < 4.78 is 71.8. The van der Waals surface area contributed by atoms with Gasteiger partial charge in [0.05, 0.1) is 11.3 Å². The normalized spacial score (nSPS) is 11.5. The van der Waals surface area contributed by atoms with Gasteiger partial charge in [-0.15, -0.1) is 0 Å². The van der Waals surface area contributed by atoms with E-state index in [9.17, 15) is 26.7 Å². The van der Waals surface area contributed by atoms with Crippen molar-refractivity contribution < 1.29 is 31.4 Å². The van der Waals surface area contributed by atoms with Gasteiger partial charge in [-0.3, -0.25) is 9.78 Å². The van der Waals surface area contributed by atoms with Crippen LogP contribution in [-0.2, 0) is 12.7 Å². The molecule has 5 aromatic rings. The number of pyridine rings is 1. The molecule has 0 bridgehead atoms. The molecule has 0 radical (unpaired) electrons. The fourth-order valence-corrected chi connectivity index (χ4v) is 3.44. The number of rotatable bonds is 6. The van der Waals surface area contributed by atoms with E-state index >= 15 is 0 Å². The van der Waals surface area contributed by atoms with Crippen molar-refractivity contribution in [3.05, 3.63) is 89.4 Å². The fourth-order valence-electron chi connectivity index (χ4n) is 3.44. The average molecular weight is 527 g/mol. The van der Waals surface area contributed by atoms with Crippen LogP contribution in [0.4, 0.5) is 33.5 Å². The minimum absolute atomic E-state index is 0.0115. The number of halogens is 5. The van der Waals surface area contributed by atoms with Gasteiger partial charge in [0.1, 0.15) is 28.7 Å². The number of anilines is 2. The topological polar surface area (TPSA) is 119 Å². The molecule has 0 aliphatic rings. The molecule has 0 aliphatic heterocycles. The lowest BCUT2D eigenvalue weighted by Gasteiger charge is -2.12. The molecule has 0 fully saturated rings. The molecule has 3 aromatic heterocycles. The number of alkyl halides is 3. The Balaban J connectivity index is 1.51. The van der Waals surface area contributed by atoms with Gasteiger partial charge < -0.3 is 10.6 Å². The number of nitrogens with zero attached hydrogens (tertiary/aromatic N) is 5. The summed E-state index contributed by atoms with van der Waals surface area (Å²) in [6.45, 7) is -0.172. The third-order valence-corrected chi connectivity index (χ3v) is 5.29. The van der Waals surface area contributed by atoms with Gasteiger partial charge >= 0.3 is 6.18 Å². The highest BCUT2D eigenvalue weighted by molar-refractivity contribution is 6.07. The first-order valence-corrected chi connectivity index (χ1v) is 10.8. The monoisotopic (exact) mass is 527 g/mol. The van der Waals surface area contributed by atoms with E-state index in [1.165, 1.54) is 12.1 Å². The highest BCUT2D eigenvalue weighted by Crippen LogP contribution is 2.31. The molecular weight excluding hydrogens is 513 g/mol. The van der Waals surface area contributed by atoms with Crippen LogP contribution in [0.3, 0.4) is 0 Å². The molecule has 192 valence electrons. The highest BCUT2D eigenvalue weighted by atomic mass is 19.4. The van der Waals surface area contributed by atoms with E-state index in [4.69, 9.17) is 0 Å². The van der Waals surface area contributed by atoms with E-state index in [2.05, 4.69) is 40.5 Å². The zero-order valence-corrected chi connectivity index (χ0v) is 18.9. The molecule has 0 saturated heterocycles. The van der Waals surface area contributed by atoms with Crippen molar-refractivity contribution in [1.29, 1.82) is 0 Å². The van der Waals surface area contributed by atoms with Gasteiger partial charge in [0.15, 0.2) is 11.3 Å². The summed E-state index contributed by atoms with van der Waals surface area (Å²) in [5, 5.41) is 12.8. The fraction of sp³-hybridized carbons (Fsp3) is 0.0833. The SMILES string of the molecule is O=C(Nc1cccc2nonc12)c1cc(NCc2ccc(F)cc2F)nc(-c2cncc(C(F)(F)F)c2)n1. The Morgan fingerprint density at radius 1 is 0.974 bits per heavy atom. The van der Waals surface area contributed by atoms with Gasteiger partial charge in [0, 0.05) is 42.2 Å². The van der Waals surface area contributed by atoms with Gasteiger partial charge in [-0.05, 0) is 34.6 Å². The van der Waals surface area contributed by atoms with Crippen molar-refractivity contribution in [1.82, 2.24) is 25.3 Å². The molecule has 14 heteroatoms. The van der Waals surface area contributed by atoms with Crippen molar-refractivity contribution >= 4 is 28.4 Å². The molecule has 0 aliphatic carbocycles. The number of amides is 1. The Hall–Kier alpha value is -5.01. The van der Waals surface area contributed by atoms with Crippen molar-refractivity contribution in [2.24, 2.45) is 0 Å². The number of fused-ring (bicyclic) bond motifs is 1. The van der Waals surface area contributed by atoms with E-state index in [0.717, 1.165) is 18.3 Å². The highest BCUT2D eigenvalue weighted by Gasteiger charge is 2.31. The number of nitrogens with one attached hydrogen (secondary N) is 2. The maximum atomic E-state index is 14.1. The van der Waals surface area contributed by atoms with Crippen LogP contribution < -0.4 is 10.6 Å². The minimum atomic E-state index is -4.68. The van der Waals surface area contributed by atoms with Crippen LogP contribution in [0.5, 0.6) is 0 Å². The lowest BCUT2D eigenvalue weighted by molar-refractivity contribution is -0.137. The second-order valence-corrected chi connectivity index (χ2v) is 7.90. The van der Waals surface area contributed by atoms with Crippen LogP contribution in [0, 0.1) is 11.6 Å². The predicted molar refractivity (Wildman–Crippen MR) is 124 cm³/mol. The first kappa shape index (κ1) is 24.7. The van der Waals surface area contributed by atoms with Gasteiger partial charge in [0.2, 0.25) is 0 Å². The Morgan fingerprint density at radius 3 is 2.61 bits per heavy atom. The van der Waals surface area contributed by atoms with Crippen molar-refractivity contribution in [2.45, 2.75) is 12.7 Å². The number of hydrogen-bond acceptors (Lipinski definition) is 8. The van der Waals surface area contributed by atoms with E-state index in [1.807, 2.05) is 0 Å². The van der Waals surface area contributed by atoms with Gasteiger partial charge in [0.25, 0.3) is 5.91 Å². The number of hydrogen-bond donors (Lipinski definition) is 2. The summed E-state index contributed by atoms with van der Waals surface area (Å²) in [5.41, 5.74) is -0.411. The Bertz CT molecular complexity index is 1660. The lowest BCUT2D eigenvalue weighted by Crippen LogP contribution is -2.16. The smallest absolute Gasteiger partial charge is 0.366 e. The summed E-state index contributed by atoms with van der Waals surface area (Å²) in [4.78, 5) is 25.0. The molecule has 5 rings (SSSR count). The standard InChI is InChI=1S/C24H14F5N7O2/c25-15-5-4-12(16(26)7-15)10-31-20-8-19(23(37)33-17-2-1-3-18-21(17)36-38-35-18)32-22(34-20)13-6-14(11-30-9-13)24(27,28)29/h1-9,11H,10H2,(H,33,37)(H,31,32,34). The van der Waals surface area contributed by atoms with Crippen molar-refractivity contribution in [3.8, 4) is 11.4 Å². The number of benzene rings is 2. The second-order valence-electron chi connectivity index (χ2n) is 7.90. The van der Waals surface area contributed by atoms with Gasteiger partial charge in [-0.1, -0.05) is 12.1 Å². The van der Waals surface area contributed by atoms with E-state index in [0.29, 0.717) is 17.8 Å². The minimum Gasteiger partial charge on any atom is -0.366 e. The lowest BCUT2D eigenvalue weighted by atomic mass is 10.2. The molecule has 38 heavy (non-hydrogen) atoms. The molecule has 1 amide bonds. The molecule has 0 unspecified atom stereocenters. The Labute approximate surface area is 209 Å². The van der Waals surface area contributed by atoms with Gasteiger partial charge in [-0.2, -0.15) is 13.2 Å². The molecule has 0 spiro atoms. The molecule has 9 nitrogen and oxygen atoms in total. The predicted octanol–water partition coefficient (Wildman–Crippen LogP) is 5.24. The van der Waals surface area contributed by atoms with E-state index < -0.39 is 29.3 Å². The maximum absolute atomic E-state index is 14.1. The van der Waals surface area contributed by atoms with Crippen molar-refractivity contribution in [2.75, 3.05) is 10.6 Å². The van der Waals surface area contributed by atoms with Crippen LogP contribution in [-0.4, -0.2) is 31.2 Å². The first-order chi connectivity index (χ1) is 18.2. The van der Waals surface area contributed by atoms with Crippen molar-refractivity contribution in [3.63, 3.8) is 0 Å². The van der Waals surface area contributed by atoms with Crippen LogP contribution in [0.2, 0.25) is 0 Å². The molecule has 2 N–H and O–H groups in total. The number of carbonyl (C=O) groups excluding carboxylic acids is 1. The summed E-state index contributed by atoms with van der Waals surface area (Å²) in [6, 6.07) is 9.76. The summed E-state index contributed by atoms with van der Waals surface area (Å²) in [5.74, 6) is -2.59. The average Bonchev–Trinajstić information content (AvgIpc) is 3.38. The zero-order chi connectivity index (χ0) is 26.9. The zero-order valence-electron chi connectivity index (χ0n) is 18.9. The molecular formula is C24H14F5N7O2. The quantitative estimate of drug-likeness (QED) is 0.288. The first-order valence-electron chi connectivity index (χ1n) is 10.8. The Kier molecular flexibility index (Phi) is 6.36. The van der Waals surface area contributed by atoms with Crippen LogP contribution in [0.25, 0.3) is 22.4 Å². The van der Waals surface area contributed by atoms with E-state index in [-0.39, 0.29) is 46.2 Å². The number of aromatic nitrogens is 5. The van der Waals surface area contributed by atoms with Crippen LogP contribution in [0.1, 0.15) is 21.6 Å². The molecule has 0 saturated carbocycles. The molecule has 2 aromatic carbocycles. The largest absolute Gasteiger partial charge is 0.417 e. The van der Waals surface area contributed by atoms with Crippen LogP contribution in [0.15, 0.2) is 65.6 Å². The number of carbonyl (C=O) groups is 1. The summed E-state index contributed by atoms with van der Waals surface area (Å²) in [6.07, 6.45) is -2.93. The second kappa shape index (κ2) is 9.80. The summed E-state index contributed by atoms with van der Waals surface area (Å²) in [7, 11) is 0. The summed E-state index contributed by atoms with van der Waals surface area (Å²) >= 11 is 0. The third kappa shape index (κ3) is 5.23. The van der Waals surface area contributed by atoms with Crippen LogP contribution >= 0.6 is 0 Å². The molecule has 3 heterocycles. The van der Waals surface area contributed by atoms with E-state index in [1.54, 1.807) is 18.2 Å². The maximum Gasteiger partial charge on any atom is 0.417 e. The Morgan fingerprint density at radius 2 is 1.82 bits per heavy atom. The third-order valence-electron chi connectivity index (χ3n) is 5.29. The van der Waals surface area contributed by atoms with Gasteiger partial charge in [-0.25, -0.2) is 23.4 Å².